The van der Waals surface area contributed by atoms with E-state index in [1.165, 1.54) is 13.3 Å². The predicted octanol–water partition coefficient (Wildman–Crippen LogP) is 5.30. The van der Waals surface area contributed by atoms with Crippen LogP contribution in [0.3, 0.4) is 0 Å². The number of benzene rings is 2. The first kappa shape index (κ1) is 22.2. The van der Waals surface area contributed by atoms with E-state index in [9.17, 15) is 18.3 Å². The summed E-state index contributed by atoms with van der Waals surface area (Å²) in [5.74, 6) is 0.369. The van der Waals surface area contributed by atoms with Gasteiger partial charge in [-0.2, -0.15) is 18.3 Å². The molecule has 0 radical (unpaired) electrons. The number of hydrogen-bond donors (Lipinski definition) is 3. The van der Waals surface area contributed by atoms with E-state index in [2.05, 4.69) is 15.5 Å². The van der Waals surface area contributed by atoms with Gasteiger partial charge in [-0.1, -0.05) is 37.6 Å². The van der Waals surface area contributed by atoms with Crippen molar-refractivity contribution in [3.8, 4) is 5.75 Å². The lowest BCUT2D eigenvalue weighted by Gasteiger charge is -2.38. The van der Waals surface area contributed by atoms with Crippen molar-refractivity contribution in [1.29, 1.82) is 0 Å². The van der Waals surface area contributed by atoms with Gasteiger partial charge in [-0.05, 0) is 41.7 Å². The summed E-state index contributed by atoms with van der Waals surface area (Å²) in [7, 11) is 1.42. The minimum absolute atomic E-state index is 0.369. The van der Waals surface area contributed by atoms with Crippen molar-refractivity contribution < 1.29 is 23.0 Å². The van der Waals surface area contributed by atoms with E-state index in [4.69, 9.17) is 16.3 Å². The lowest BCUT2D eigenvalue weighted by atomic mass is 9.74. The predicted molar refractivity (Wildman–Crippen MR) is 111 cm³/mol. The number of halogens is 4. The molecule has 0 fully saturated rings. The first-order valence-corrected chi connectivity index (χ1v) is 9.64. The third-order valence-corrected chi connectivity index (χ3v) is 5.45. The standard InChI is InChI=1S/C21H23ClF3N3O2/c1-19(2,15-8-7-13(22)9-18(15)30-3)11-20(29,21(23,24)25)12-26-16-5-4-6-17-14(16)10-27-28-17/h4-10,26,29H,11-12H2,1-3H3,(H,27,28). The zero-order valence-electron chi connectivity index (χ0n) is 16.8. The Kier molecular flexibility index (Phi) is 5.93. The highest BCUT2D eigenvalue weighted by Crippen LogP contribution is 2.44. The maximum absolute atomic E-state index is 14.0. The molecule has 1 unspecified atom stereocenters. The Morgan fingerprint density at radius 3 is 2.60 bits per heavy atom. The molecule has 0 aliphatic carbocycles. The molecule has 1 aromatic heterocycles. The molecule has 9 heteroatoms. The van der Waals surface area contributed by atoms with Gasteiger partial charge in [-0.3, -0.25) is 5.10 Å². The van der Waals surface area contributed by atoms with Crippen molar-refractivity contribution in [3.63, 3.8) is 0 Å². The molecule has 3 rings (SSSR count). The van der Waals surface area contributed by atoms with E-state index in [-0.39, 0.29) is 0 Å². The van der Waals surface area contributed by atoms with Crippen LogP contribution in [0.4, 0.5) is 18.9 Å². The Hall–Kier alpha value is -2.45. The second-order valence-corrected chi connectivity index (χ2v) is 8.36. The highest BCUT2D eigenvalue weighted by molar-refractivity contribution is 6.30. The van der Waals surface area contributed by atoms with Crippen LogP contribution in [0.15, 0.2) is 42.6 Å². The van der Waals surface area contributed by atoms with Crippen molar-refractivity contribution in [3.05, 3.63) is 53.2 Å². The number of rotatable bonds is 7. The fraction of sp³-hybridized carbons (Fsp3) is 0.381. The molecule has 0 aliphatic heterocycles. The molecule has 0 spiro atoms. The summed E-state index contributed by atoms with van der Waals surface area (Å²) in [4.78, 5) is 0. The summed E-state index contributed by atoms with van der Waals surface area (Å²) in [6.07, 6.45) is -3.93. The number of aliphatic hydroxyl groups is 1. The molecular formula is C21H23ClF3N3O2. The summed E-state index contributed by atoms with van der Waals surface area (Å²) in [5.41, 5.74) is -2.40. The zero-order valence-corrected chi connectivity index (χ0v) is 17.5. The quantitative estimate of drug-likeness (QED) is 0.465. The number of nitrogens with one attached hydrogen (secondary N) is 2. The number of nitrogens with zero attached hydrogens (tertiary/aromatic N) is 1. The molecule has 5 nitrogen and oxygen atoms in total. The third kappa shape index (κ3) is 4.34. The lowest BCUT2D eigenvalue weighted by Crippen LogP contribution is -2.53. The van der Waals surface area contributed by atoms with Gasteiger partial charge in [0.2, 0.25) is 0 Å². The fourth-order valence-corrected chi connectivity index (χ4v) is 3.84. The molecule has 1 heterocycles. The third-order valence-electron chi connectivity index (χ3n) is 5.21. The van der Waals surface area contributed by atoms with Crippen LogP contribution in [0.2, 0.25) is 5.02 Å². The Balaban J connectivity index is 1.91. The highest BCUT2D eigenvalue weighted by Gasteiger charge is 2.56. The summed E-state index contributed by atoms with van der Waals surface area (Å²) < 4.78 is 47.3. The number of anilines is 1. The largest absolute Gasteiger partial charge is 0.496 e. The maximum Gasteiger partial charge on any atom is 0.418 e. The Bertz CT molecular complexity index is 1040. The molecule has 0 amide bonds. The van der Waals surface area contributed by atoms with Gasteiger partial charge in [0.05, 0.1) is 25.4 Å². The van der Waals surface area contributed by atoms with Crippen LogP contribution in [-0.4, -0.2) is 40.7 Å². The zero-order chi connectivity index (χ0) is 22.2. The van der Waals surface area contributed by atoms with Crippen LogP contribution in [0.5, 0.6) is 5.75 Å². The van der Waals surface area contributed by atoms with E-state index in [0.29, 0.717) is 32.9 Å². The van der Waals surface area contributed by atoms with Gasteiger partial charge in [-0.25, -0.2) is 0 Å². The van der Waals surface area contributed by atoms with E-state index < -0.39 is 30.2 Å². The van der Waals surface area contributed by atoms with Crippen LogP contribution in [0.25, 0.3) is 10.9 Å². The summed E-state index contributed by atoms with van der Waals surface area (Å²) in [6, 6.07) is 9.85. The maximum atomic E-state index is 14.0. The van der Waals surface area contributed by atoms with Gasteiger partial charge in [0.25, 0.3) is 0 Å². The monoisotopic (exact) mass is 441 g/mol. The van der Waals surface area contributed by atoms with Gasteiger partial charge < -0.3 is 15.2 Å². The SMILES string of the molecule is COc1cc(Cl)ccc1C(C)(C)CC(O)(CNc1cccc2[nH]ncc12)C(F)(F)F. The molecule has 0 saturated heterocycles. The Morgan fingerprint density at radius 2 is 1.93 bits per heavy atom. The van der Waals surface area contributed by atoms with E-state index in [1.807, 2.05) is 0 Å². The van der Waals surface area contributed by atoms with Crippen LogP contribution in [0, 0.1) is 0 Å². The van der Waals surface area contributed by atoms with Crippen LogP contribution in [-0.2, 0) is 5.41 Å². The number of aromatic nitrogens is 2. The van der Waals surface area contributed by atoms with Crippen LogP contribution < -0.4 is 10.1 Å². The van der Waals surface area contributed by atoms with Crippen LogP contribution in [0.1, 0.15) is 25.8 Å². The summed E-state index contributed by atoms with van der Waals surface area (Å²) in [6.45, 7) is 2.54. The number of hydrogen-bond acceptors (Lipinski definition) is 4. The lowest BCUT2D eigenvalue weighted by molar-refractivity contribution is -0.260. The number of ether oxygens (including phenoxy) is 1. The first-order chi connectivity index (χ1) is 14.0. The van der Waals surface area contributed by atoms with E-state index in [1.54, 1.807) is 50.2 Å². The Morgan fingerprint density at radius 1 is 1.20 bits per heavy atom. The van der Waals surface area contributed by atoms with Crippen molar-refractivity contribution >= 4 is 28.2 Å². The average molecular weight is 442 g/mol. The molecule has 0 bridgehead atoms. The minimum atomic E-state index is -4.86. The van der Waals surface area contributed by atoms with E-state index >= 15 is 0 Å². The molecule has 3 aromatic rings. The second-order valence-electron chi connectivity index (χ2n) is 7.92. The molecule has 3 N–H and O–H groups in total. The average Bonchev–Trinajstić information content (AvgIpc) is 3.14. The van der Waals surface area contributed by atoms with Gasteiger partial charge >= 0.3 is 6.18 Å². The minimum Gasteiger partial charge on any atom is -0.496 e. The number of H-pyrrole nitrogens is 1. The smallest absolute Gasteiger partial charge is 0.418 e. The van der Waals surface area contributed by atoms with Gasteiger partial charge in [-0.15, -0.1) is 0 Å². The summed E-state index contributed by atoms with van der Waals surface area (Å²) in [5, 5.41) is 21.2. The second kappa shape index (κ2) is 8.00. The van der Waals surface area contributed by atoms with Crippen molar-refractivity contribution in [2.45, 2.75) is 37.5 Å². The molecule has 1 atom stereocenters. The topological polar surface area (TPSA) is 70.2 Å². The molecule has 0 aliphatic rings. The van der Waals surface area contributed by atoms with Crippen molar-refractivity contribution in [2.75, 3.05) is 19.0 Å². The molecule has 2 aromatic carbocycles. The number of aromatic amines is 1. The van der Waals surface area contributed by atoms with Gasteiger partial charge in [0.1, 0.15) is 5.75 Å². The number of methoxy groups -OCH3 is 1. The highest BCUT2D eigenvalue weighted by atomic mass is 35.5. The van der Waals surface area contributed by atoms with Gasteiger partial charge in [0, 0.05) is 16.1 Å². The molecule has 0 saturated carbocycles. The van der Waals surface area contributed by atoms with Crippen molar-refractivity contribution in [2.24, 2.45) is 0 Å². The Labute approximate surface area is 177 Å². The first-order valence-electron chi connectivity index (χ1n) is 9.26. The normalized spacial score (nSPS) is 14.5. The van der Waals surface area contributed by atoms with Gasteiger partial charge in [0.15, 0.2) is 5.60 Å². The summed E-state index contributed by atoms with van der Waals surface area (Å²) >= 11 is 5.98. The number of fused-ring (bicyclic) bond motifs is 1. The molecular weight excluding hydrogens is 419 g/mol. The van der Waals surface area contributed by atoms with Crippen molar-refractivity contribution in [1.82, 2.24) is 10.2 Å². The fourth-order valence-electron chi connectivity index (χ4n) is 3.68. The molecule has 30 heavy (non-hydrogen) atoms. The van der Waals surface area contributed by atoms with Crippen LogP contribution >= 0.6 is 11.6 Å². The molecule has 162 valence electrons. The van der Waals surface area contributed by atoms with E-state index in [0.717, 1.165) is 0 Å². The number of alkyl halides is 3.